The fourth-order valence-corrected chi connectivity index (χ4v) is 2.63. The maximum Gasteiger partial charge on any atom is 0.274 e. The number of aromatic nitrogens is 2. The molecule has 5 heteroatoms. The summed E-state index contributed by atoms with van der Waals surface area (Å²) in [6.45, 7) is 3.98. The number of fused-ring (bicyclic) bond motifs is 1. The van der Waals surface area contributed by atoms with Crippen molar-refractivity contribution in [3.63, 3.8) is 0 Å². The summed E-state index contributed by atoms with van der Waals surface area (Å²) in [5.41, 5.74) is 3.87. The number of pyridine rings is 1. The molecular formula is C17H16ClN3O. The summed E-state index contributed by atoms with van der Waals surface area (Å²) in [4.78, 5) is 17.2. The number of nitrogens with zero attached hydrogens (tertiary/aromatic N) is 2. The van der Waals surface area contributed by atoms with Gasteiger partial charge >= 0.3 is 0 Å². The molecule has 112 valence electrons. The van der Waals surface area contributed by atoms with Gasteiger partial charge in [0.1, 0.15) is 11.3 Å². The fraction of sp³-hybridized carbons (Fsp3) is 0.176. The summed E-state index contributed by atoms with van der Waals surface area (Å²) >= 11 is 5.96. The third-order valence-electron chi connectivity index (χ3n) is 3.47. The van der Waals surface area contributed by atoms with E-state index in [2.05, 4.69) is 10.3 Å². The number of amides is 1. The number of aryl methyl sites for hydroxylation is 2. The first kappa shape index (κ1) is 14.6. The summed E-state index contributed by atoms with van der Waals surface area (Å²) in [6.07, 6.45) is 2.62. The molecule has 2 aromatic heterocycles. The molecule has 0 radical (unpaired) electrons. The molecule has 0 fully saturated rings. The second-order valence-electron chi connectivity index (χ2n) is 5.16. The van der Waals surface area contributed by atoms with E-state index in [0.29, 0.717) is 22.8 Å². The van der Waals surface area contributed by atoms with Crippen molar-refractivity contribution in [1.29, 1.82) is 0 Å². The van der Waals surface area contributed by atoms with E-state index in [9.17, 15) is 4.79 Å². The van der Waals surface area contributed by atoms with E-state index in [1.807, 2.05) is 42.6 Å². The molecule has 0 aliphatic rings. The molecule has 1 N–H and O–H groups in total. The van der Waals surface area contributed by atoms with Crippen LogP contribution in [0.4, 0.5) is 5.69 Å². The van der Waals surface area contributed by atoms with Gasteiger partial charge in [-0.05, 0) is 43.2 Å². The molecule has 1 aromatic carbocycles. The quantitative estimate of drug-likeness (QED) is 0.791. The minimum absolute atomic E-state index is 0.183. The van der Waals surface area contributed by atoms with Gasteiger partial charge < -0.3 is 5.32 Å². The standard InChI is InChI=1S/C17H16ClN3O/c1-3-14-16(21-10-11(2)7-8-15(21)20-14)17(22)19-13-6-4-5-12(18)9-13/h4-10H,3H2,1-2H3,(H,19,22). The Hall–Kier alpha value is -2.33. The summed E-state index contributed by atoms with van der Waals surface area (Å²) in [5.74, 6) is -0.183. The first-order chi connectivity index (χ1) is 10.6. The number of nitrogens with one attached hydrogen (secondary N) is 1. The van der Waals surface area contributed by atoms with E-state index in [-0.39, 0.29) is 5.91 Å². The Bertz CT molecular complexity index is 854. The van der Waals surface area contributed by atoms with Crippen LogP contribution >= 0.6 is 11.6 Å². The number of rotatable bonds is 3. The third kappa shape index (κ3) is 2.70. The Balaban J connectivity index is 2.04. The van der Waals surface area contributed by atoms with E-state index in [0.717, 1.165) is 16.9 Å². The number of halogens is 1. The molecule has 3 rings (SSSR count). The second kappa shape index (κ2) is 5.81. The van der Waals surface area contributed by atoms with Crippen LogP contribution in [0.3, 0.4) is 0 Å². The van der Waals surface area contributed by atoms with Crippen LogP contribution < -0.4 is 5.32 Å². The van der Waals surface area contributed by atoms with E-state index in [1.165, 1.54) is 0 Å². The second-order valence-corrected chi connectivity index (χ2v) is 5.60. The van der Waals surface area contributed by atoms with Crippen LogP contribution in [0, 0.1) is 6.92 Å². The molecule has 3 aromatic rings. The lowest BCUT2D eigenvalue weighted by atomic mass is 10.2. The highest BCUT2D eigenvalue weighted by Crippen LogP contribution is 2.19. The van der Waals surface area contributed by atoms with E-state index in [4.69, 9.17) is 11.6 Å². The Labute approximate surface area is 133 Å². The maximum atomic E-state index is 12.7. The number of benzene rings is 1. The molecule has 4 nitrogen and oxygen atoms in total. The molecule has 0 unspecified atom stereocenters. The van der Waals surface area contributed by atoms with Crippen LogP contribution in [0.5, 0.6) is 0 Å². The highest BCUT2D eigenvalue weighted by molar-refractivity contribution is 6.30. The Kier molecular flexibility index (Phi) is 3.86. The zero-order chi connectivity index (χ0) is 15.7. The van der Waals surface area contributed by atoms with Crippen LogP contribution in [0.2, 0.25) is 5.02 Å². The van der Waals surface area contributed by atoms with Crippen LogP contribution in [0.1, 0.15) is 28.7 Å². The van der Waals surface area contributed by atoms with Gasteiger partial charge in [-0.2, -0.15) is 0 Å². The van der Waals surface area contributed by atoms with Gasteiger partial charge in [0, 0.05) is 16.9 Å². The fourth-order valence-electron chi connectivity index (χ4n) is 2.44. The number of hydrogen-bond donors (Lipinski definition) is 1. The zero-order valence-corrected chi connectivity index (χ0v) is 13.2. The summed E-state index contributed by atoms with van der Waals surface area (Å²) in [5, 5.41) is 3.47. The molecule has 1 amide bonds. The Morgan fingerprint density at radius 1 is 1.32 bits per heavy atom. The topological polar surface area (TPSA) is 46.4 Å². The number of anilines is 1. The Morgan fingerprint density at radius 2 is 2.14 bits per heavy atom. The van der Waals surface area contributed by atoms with Gasteiger partial charge in [-0.15, -0.1) is 0 Å². The lowest BCUT2D eigenvalue weighted by Gasteiger charge is -2.07. The summed E-state index contributed by atoms with van der Waals surface area (Å²) < 4.78 is 1.84. The molecule has 0 aliphatic carbocycles. The van der Waals surface area contributed by atoms with Crippen molar-refractivity contribution >= 4 is 28.8 Å². The molecule has 0 atom stereocenters. The van der Waals surface area contributed by atoms with Crippen molar-refractivity contribution in [2.24, 2.45) is 0 Å². The van der Waals surface area contributed by atoms with Gasteiger partial charge in [-0.3, -0.25) is 9.20 Å². The van der Waals surface area contributed by atoms with E-state index >= 15 is 0 Å². The smallest absolute Gasteiger partial charge is 0.274 e. The van der Waals surface area contributed by atoms with Crippen molar-refractivity contribution in [1.82, 2.24) is 9.38 Å². The third-order valence-corrected chi connectivity index (χ3v) is 3.71. The molecule has 0 bridgehead atoms. The predicted octanol–water partition coefficient (Wildman–Crippen LogP) is 4.11. The van der Waals surface area contributed by atoms with Crippen molar-refractivity contribution in [2.45, 2.75) is 20.3 Å². The van der Waals surface area contributed by atoms with E-state index in [1.54, 1.807) is 18.2 Å². The first-order valence-corrected chi connectivity index (χ1v) is 7.51. The average Bonchev–Trinajstić information content (AvgIpc) is 2.85. The van der Waals surface area contributed by atoms with Gasteiger partial charge in [-0.25, -0.2) is 4.98 Å². The zero-order valence-electron chi connectivity index (χ0n) is 12.4. The minimum atomic E-state index is -0.183. The van der Waals surface area contributed by atoms with Gasteiger partial charge in [0.25, 0.3) is 5.91 Å². The number of hydrogen-bond acceptors (Lipinski definition) is 2. The Morgan fingerprint density at radius 3 is 2.86 bits per heavy atom. The van der Waals surface area contributed by atoms with Crippen molar-refractivity contribution in [2.75, 3.05) is 5.32 Å². The van der Waals surface area contributed by atoms with Gasteiger partial charge in [0.2, 0.25) is 0 Å². The molecule has 2 heterocycles. The minimum Gasteiger partial charge on any atom is -0.321 e. The lowest BCUT2D eigenvalue weighted by Crippen LogP contribution is -2.16. The largest absolute Gasteiger partial charge is 0.321 e. The summed E-state index contributed by atoms with van der Waals surface area (Å²) in [6, 6.07) is 11.0. The summed E-state index contributed by atoms with van der Waals surface area (Å²) in [7, 11) is 0. The highest BCUT2D eigenvalue weighted by Gasteiger charge is 2.18. The monoisotopic (exact) mass is 313 g/mol. The van der Waals surface area contributed by atoms with Crippen LogP contribution in [-0.4, -0.2) is 15.3 Å². The first-order valence-electron chi connectivity index (χ1n) is 7.13. The molecule has 0 saturated heterocycles. The van der Waals surface area contributed by atoms with Gasteiger partial charge in [-0.1, -0.05) is 30.7 Å². The van der Waals surface area contributed by atoms with Gasteiger partial charge in [0.15, 0.2) is 0 Å². The van der Waals surface area contributed by atoms with Crippen LogP contribution in [-0.2, 0) is 6.42 Å². The molecule has 0 saturated carbocycles. The molecule has 22 heavy (non-hydrogen) atoms. The van der Waals surface area contributed by atoms with Crippen molar-refractivity contribution < 1.29 is 4.79 Å². The lowest BCUT2D eigenvalue weighted by molar-refractivity contribution is 0.102. The molecule has 0 aliphatic heterocycles. The number of carbonyl (C=O) groups is 1. The maximum absolute atomic E-state index is 12.7. The SMILES string of the molecule is CCc1nc2ccc(C)cn2c1C(=O)Nc1cccc(Cl)c1. The average molecular weight is 314 g/mol. The number of imidazole rings is 1. The predicted molar refractivity (Wildman–Crippen MR) is 88.7 cm³/mol. The van der Waals surface area contributed by atoms with Crippen molar-refractivity contribution in [3.8, 4) is 0 Å². The molecular weight excluding hydrogens is 298 g/mol. The normalized spacial score (nSPS) is 10.9. The van der Waals surface area contributed by atoms with Crippen LogP contribution in [0.25, 0.3) is 5.65 Å². The van der Waals surface area contributed by atoms with Crippen molar-refractivity contribution in [3.05, 3.63) is 64.6 Å². The van der Waals surface area contributed by atoms with E-state index < -0.39 is 0 Å². The molecule has 0 spiro atoms. The van der Waals surface area contributed by atoms with Gasteiger partial charge in [0.05, 0.1) is 5.69 Å². The van der Waals surface area contributed by atoms with Crippen LogP contribution in [0.15, 0.2) is 42.6 Å². The highest BCUT2D eigenvalue weighted by atomic mass is 35.5. The number of carbonyl (C=O) groups excluding carboxylic acids is 1.